The van der Waals surface area contributed by atoms with Crippen molar-refractivity contribution in [3.8, 4) is 0 Å². The van der Waals surface area contributed by atoms with Gasteiger partial charge in [0.2, 0.25) is 5.91 Å². The molecule has 142 valence electrons. The Balaban J connectivity index is 1.82. The van der Waals surface area contributed by atoms with Gasteiger partial charge in [0.05, 0.1) is 34.3 Å². The van der Waals surface area contributed by atoms with Gasteiger partial charge >= 0.3 is 0 Å². The zero-order valence-electron chi connectivity index (χ0n) is 16.0. The fraction of sp³-hybridized carbons (Fsp3) is 0.350. The van der Waals surface area contributed by atoms with Crippen LogP contribution in [0.2, 0.25) is 0 Å². The van der Waals surface area contributed by atoms with Crippen molar-refractivity contribution >= 4 is 27.5 Å². The van der Waals surface area contributed by atoms with Crippen LogP contribution in [-0.4, -0.2) is 25.5 Å². The van der Waals surface area contributed by atoms with Gasteiger partial charge in [-0.25, -0.2) is 0 Å². The van der Waals surface area contributed by atoms with Crippen molar-refractivity contribution in [2.24, 2.45) is 0 Å². The summed E-state index contributed by atoms with van der Waals surface area (Å²) < 4.78 is 4.48. The number of anilines is 1. The maximum absolute atomic E-state index is 12.9. The van der Waals surface area contributed by atoms with Crippen molar-refractivity contribution < 1.29 is 4.79 Å². The van der Waals surface area contributed by atoms with Gasteiger partial charge in [0.15, 0.2) is 0 Å². The minimum atomic E-state index is -0.366. The fourth-order valence-electron chi connectivity index (χ4n) is 3.17. The molecule has 0 aliphatic heterocycles. The molecule has 0 saturated heterocycles. The van der Waals surface area contributed by atoms with E-state index in [1.807, 2.05) is 43.8 Å². The first-order valence-electron chi connectivity index (χ1n) is 8.99. The molecule has 1 atom stereocenters. The molecule has 1 unspecified atom stereocenters. The van der Waals surface area contributed by atoms with Gasteiger partial charge in [-0.1, -0.05) is 31.2 Å². The van der Waals surface area contributed by atoms with E-state index in [2.05, 4.69) is 50.5 Å². The summed E-state index contributed by atoms with van der Waals surface area (Å²) in [5, 5.41) is 11.9. The van der Waals surface area contributed by atoms with E-state index in [-0.39, 0.29) is 11.9 Å². The Morgan fingerprint density at radius 2 is 2.00 bits per heavy atom. The van der Waals surface area contributed by atoms with Crippen LogP contribution in [0.3, 0.4) is 0 Å². The number of nitrogens with zero attached hydrogens (tertiary/aromatic N) is 4. The maximum Gasteiger partial charge on any atom is 0.249 e. The molecule has 0 radical (unpaired) electrons. The predicted molar refractivity (Wildman–Crippen MR) is 110 cm³/mol. The van der Waals surface area contributed by atoms with E-state index in [0.717, 1.165) is 21.5 Å². The quantitative estimate of drug-likeness (QED) is 0.630. The maximum atomic E-state index is 12.9. The number of rotatable bonds is 6. The Hall–Kier alpha value is -2.41. The average Bonchev–Trinajstić information content (AvgIpc) is 3.16. The molecule has 0 fully saturated rings. The molecule has 6 nitrogen and oxygen atoms in total. The summed E-state index contributed by atoms with van der Waals surface area (Å²) in [6.07, 6.45) is 4.15. The first kappa shape index (κ1) is 19.4. The molecular formula is C20H24BrN5O. The van der Waals surface area contributed by atoms with Gasteiger partial charge in [0.1, 0.15) is 6.04 Å². The molecule has 0 saturated carbocycles. The van der Waals surface area contributed by atoms with E-state index in [4.69, 9.17) is 0 Å². The van der Waals surface area contributed by atoms with Crippen LogP contribution in [0.5, 0.6) is 0 Å². The summed E-state index contributed by atoms with van der Waals surface area (Å²) in [5.41, 5.74) is 4.98. The van der Waals surface area contributed by atoms with Gasteiger partial charge in [-0.05, 0) is 54.2 Å². The van der Waals surface area contributed by atoms with Crippen molar-refractivity contribution in [1.82, 2.24) is 19.6 Å². The second-order valence-electron chi connectivity index (χ2n) is 6.68. The van der Waals surface area contributed by atoms with Crippen molar-refractivity contribution in [3.63, 3.8) is 0 Å². The van der Waals surface area contributed by atoms with Crippen molar-refractivity contribution in [2.75, 3.05) is 5.32 Å². The molecule has 0 aliphatic carbocycles. The van der Waals surface area contributed by atoms with Gasteiger partial charge in [-0.2, -0.15) is 10.2 Å². The highest BCUT2D eigenvalue weighted by Gasteiger charge is 2.22. The van der Waals surface area contributed by atoms with Crippen molar-refractivity contribution in [2.45, 2.75) is 46.7 Å². The van der Waals surface area contributed by atoms with Crippen LogP contribution >= 0.6 is 15.9 Å². The third-order valence-electron chi connectivity index (χ3n) is 4.79. The van der Waals surface area contributed by atoms with E-state index in [1.165, 1.54) is 11.1 Å². The Kier molecular flexibility index (Phi) is 5.79. The Morgan fingerprint density at radius 1 is 1.26 bits per heavy atom. The van der Waals surface area contributed by atoms with Crippen LogP contribution in [0.4, 0.5) is 5.69 Å². The Labute approximate surface area is 167 Å². The van der Waals surface area contributed by atoms with E-state index in [9.17, 15) is 4.79 Å². The SMILES string of the molecule is CCC(C(=O)Nc1c(C)nn(Cc2ccccc2C)c1C)n1cc(Br)cn1. The van der Waals surface area contributed by atoms with Gasteiger partial charge in [-0.15, -0.1) is 0 Å². The first-order valence-corrected chi connectivity index (χ1v) is 9.79. The lowest BCUT2D eigenvalue weighted by molar-refractivity contribution is -0.119. The fourth-order valence-corrected chi connectivity index (χ4v) is 3.47. The lowest BCUT2D eigenvalue weighted by atomic mass is 10.1. The predicted octanol–water partition coefficient (Wildman–Crippen LogP) is 4.41. The third kappa shape index (κ3) is 4.13. The van der Waals surface area contributed by atoms with Crippen LogP contribution in [0, 0.1) is 20.8 Å². The summed E-state index contributed by atoms with van der Waals surface area (Å²) in [4.78, 5) is 12.9. The summed E-state index contributed by atoms with van der Waals surface area (Å²) >= 11 is 3.38. The van der Waals surface area contributed by atoms with E-state index < -0.39 is 0 Å². The highest BCUT2D eigenvalue weighted by molar-refractivity contribution is 9.10. The molecule has 3 aromatic rings. The van der Waals surface area contributed by atoms with Gasteiger partial charge in [-0.3, -0.25) is 14.2 Å². The summed E-state index contributed by atoms with van der Waals surface area (Å²) in [5.74, 6) is -0.0882. The first-order chi connectivity index (χ1) is 12.9. The molecule has 1 aromatic carbocycles. The van der Waals surface area contributed by atoms with Gasteiger partial charge in [0, 0.05) is 6.20 Å². The topological polar surface area (TPSA) is 64.7 Å². The number of amides is 1. The molecule has 0 bridgehead atoms. The van der Waals surface area contributed by atoms with E-state index >= 15 is 0 Å². The van der Waals surface area contributed by atoms with Crippen LogP contribution in [0.1, 0.15) is 41.9 Å². The van der Waals surface area contributed by atoms with Crippen LogP contribution in [-0.2, 0) is 11.3 Å². The normalized spacial score (nSPS) is 12.2. The highest BCUT2D eigenvalue weighted by Crippen LogP contribution is 2.24. The van der Waals surface area contributed by atoms with Crippen LogP contribution < -0.4 is 5.32 Å². The molecule has 27 heavy (non-hydrogen) atoms. The molecule has 0 spiro atoms. The van der Waals surface area contributed by atoms with E-state index in [1.54, 1.807) is 10.9 Å². The summed E-state index contributed by atoms with van der Waals surface area (Å²) in [7, 11) is 0. The van der Waals surface area contributed by atoms with Crippen LogP contribution in [0.25, 0.3) is 0 Å². The number of carbonyl (C=O) groups excluding carboxylic acids is 1. The smallest absolute Gasteiger partial charge is 0.249 e. The summed E-state index contributed by atoms with van der Waals surface area (Å²) in [6, 6.07) is 7.90. The minimum absolute atomic E-state index is 0.0882. The van der Waals surface area contributed by atoms with Gasteiger partial charge < -0.3 is 5.32 Å². The number of aryl methyl sites for hydroxylation is 2. The Morgan fingerprint density at radius 3 is 2.63 bits per heavy atom. The lowest BCUT2D eigenvalue weighted by Crippen LogP contribution is -2.26. The largest absolute Gasteiger partial charge is 0.321 e. The lowest BCUT2D eigenvalue weighted by Gasteiger charge is -2.16. The zero-order valence-corrected chi connectivity index (χ0v) is 17.6. The Bertz CT molecular complexity index is 959. The van der Waals surface area contributed by atoms with E-state index in [0.29, 0.717) is 13.0 Å². The standard InChI is InChI=1S/C20H24BrN5O/c1-5-18(26-12-17(21)10-22-26)20(27)23-19-14(3)24-25(15(19)4)11-16-9-7-6-8-13(16)2/h6-10,12,18H,5,11H2,1-4H3,(H,23,27). The number of nitrogens with one attached hydrogen (secondary N) is 1. The molecular weight excluding hydrogens is 406 g/mol. The average molecular weight is 430 g/mol. The molecule has 7 heteroatoms. The second-order valence-corrected chi connectivity index (χ2v) is 7.60. The molecule has 0 aliphatic rings. The molecule has 2 heterocycles. The molecule has 1 amide bonds. The number of hydrogen-bond acceptors (Lipinski definition) is 3. The van der Waals surface area contributed by atoms with Crippen LogP contribution in [0.15, 0.2) is 41.1 Å². The highest BCUT2D eigenvalue weighted by atomic mass is 79.9. The van der Waals surface area contributed by atoms with Crippen molar-refractivity contribution in [3.05, 3.63) is 63.6 Å². The van der Waals surface area contributed by atoms with Gasteiger partial charge in [0.25, 0.3) is 0 Å². The number of aromatic nitrogens is 4. The van der Waals surface area contributed by atoms with Crippen molar-refractivity contribution in [1.29, 1.82) is 0 Å². The third-order valence-corrected chi connectivity index (χ3v) is 5.20. The minimum Gasteiger partial charge on any atom is -0.321 e. The molecule has 1 N–H and O–H groups in total. The molecule has 2 aromatic heterocycles. The number of benzene rings is 1. The monoisotopic (exact) mass is 429 g/mol. The zero-order chi connectivity index (χ0) is 19.6. The second kappa shape index (κ2) is 8.08. The summed E-state index contributed by atoms with van der Waals surface area (Å²) in [6.45, 7) is 8.65. The molecule has 3 rings (SSSR count). The number of carbonyl (C=O) groups is 1. The number of halogens is 1. The number of hydrogen-bond donors (Lipinski definition) is 1.